The molecule has 0 amide bonds. The summed E-state index contributed by atoms with van der Waals surface area (Å²) in [6, 6.07) is 11.0. The van der Waals surface area contributed by atoms with Crippen molar-refractivity contribution in [1.29, 1.82) is 10.5 Å². The maximum Gasteiger partial charge on any atom is 0.136 e. The van der Waals surface area contributed by atoms with Crippen LogP contribution in [0.5, 0.6) is 0 Å². The van der Waals surface area contributed by atoms with E-state index in [9.17, 15) is 10.5 Å². The molecule has 3 aromatic rings. The lowest BCUT2D eigenvalue weighted by Gasteiger charge is -2.33. The highest BCUT2D eigenvalue weighted by Gasteiger charge is 2.36. The molecule has 3 heterocycles. The molecule has 0 bridgehead atoms. The van der Waals surface area contributed by atoms with Crippen LogP contribution in [0.2, 0.25) is 0 Å². The van der Waals surface area contributed by atoms with Crippen LogP contribution in [0.25, 0.3) is 5.70 Å². The van der Waals surface area contributed by atoms with Gasteiger partial charge in [-0.25, -0.2) is 9.97 Å². The Labute approximate surface area is 249 Å². The van der Waals surface area contributed by atoms with E-state index in [0.29, 0.717) is 37.3 Å². The lowest BCUT2D eigenvalue weighted by atomic mass is 9.77. The molecule has 9 heteroatoms. The minimum atomic E-state index is -0.659. The number of aryl methyl sites for hydroxylation is 2. The zero-order valence-electron chi connectivity index (χ0n) is 25.5. The minimum absolute atomic E-state index is 0.166. The van der Waals surface area contributed by atoms with Crippen molar-refractivity contribution < 1.29 is 0 Å². The maximum atomic E-state index is 10.3. The van der Waals surface area contributed by atoms with Crippen molar-refractivity contribution in [1.82, 2.24) is 24.6 Å². The summed E-state index contributed by atoms with van der Waals surface area (Å²) < 4.78 is 1.97. The zero-order chi connectivity index (χ0) is 30.2. The molecule has 0 spiro atoms. The van der Waals surface area contributed by atoms with Crippen LogP contribution in [-0.2, 0) is 38.8 Å². The van der Waals surface area contributed by atoms with Gasteiger partial charge in [0.1, 0.15) is 23.4 Å². The summed E-state index contributed by atoms with van der Waals surface area (Å²) in [7, 11) is 3.92. The van der Waals surface area contributed by atoms with E-state index in [1.54, 1.807) is 0 Å². The van der Waals surface area contributed by atoms with E-state index in [0.717, 1.165) is 77.7 Å². The SMILES string of the molecule is C=C(c1cc2n(n1)CC(C)(C#N)CN(c1nc(CC)nc3c1CCC(c1c(CCC)ccc(N)c1C#N)C3)C2)N(C)C. The molecule has 0 radical (unpaired) electrons. The molecule has 1 aliphatic heterocycles. The molecule has 1 aromatic carbocycles. The number of nitriles is 2. The van der Waals surface area contributed by atoms with Crippen LogP contribution in [-0.4, -0.2) is 45.3 Å². The largest absolute Gasteiger partial charge is 0.398 e. The highest BCUT2D eigenvalue weighted by Crippen LogP contribution is 2.41. The highest BCUT2D eigenvalue weighted by molar-refractivity contribution is 5.63. The van der Waals surface area contributed by atoms with E-state index < -0.39 is 5.41 Å². The molecule has 218 valence electrons. The second-order valence-electron chi connectivity index (χ2n) is 12.2. The molecule has 5 rings (SSSR count). The topological polar surface area (TPSA) is 124 Å². The Hall–Kier alpha value is -4.37. The Morgan fingerprint density at radius 1 is 1.21 bits per heavy atom. The number of aromatic nitrogens is 4. The van der Waals surface area contributed by atoms with E-state index in [1.165, 1.54) is 5.56 Å². The van der Waals surface area contributed by atoms with Crippen molar-refractivity contribution >= 4 is 17.2 Å². The van der Waals surface area contributed by atoms with Crippen LogP contribution in [0.1, 0.15) is 84.7 Å². The Balaban J connectivity index is 1.57. The number of anilines is 2. The van der Waals surface area contributed by atoms with Gasteiger partial charge in [0.25, 0.3) is 0 Å². The molecule has 0 saturated carbocycles. The van der Waals surface area contributed by atoms with Gasteiger partial charge in [-0.3, -0.25) is 4.68 Å². The number of hydrogen-bond donors (Lipinski definition) is 1. The zero-order valence-corrected chi connectivity index (χ0v) is 25.5. The number of rotatable bonds is 7. The molecule has 2 atom stereocenters. The van der Waals surface area contributed by atoms with Gasteiger partial charge < -0.3 is 15.5 Å². The first kappa shape index (κ1) is 29.1. The summed E-state index contributed by atoms with van der Waals surface area (Å²) in [6.45, 7) is 12.1. The second-order valence-corrected chi connectivity index (χ2v) is 12.2. The minimum Gasteiger partial charge on any atom is -0.398 e. The predicted molar refractivity (Wildman–Crippen MR) is 165 cm³/mol. The maximum absolute atomic E-state index is 10.3. The summed E-state index contributed by atoms with van der Waals surface area (Å²) in [6.07, 6.45) is 5.05. The molecule has 9 nitrogen and oxygen atoms in total. The summed E-state index contributed by atoms with van der Waals surface area (Å²) in [5.41, 5.74) is 14.0. The van der Waals surface area contributed by atoms with Gasteiger partial charge in [0, 0.05) is 38.3 Å². The van der Waals surface area contributed by atoms with Crippen LogP contribution in [0.15, 0.2) is 24.8 Å². The van der Waals surface area contributed by atoms with Gasteiger partial charge in [0.2, 0.25) is 0 Å². The predicted octanol–water partition coefficient (Wildman–Crippen LogP) is 5.00. The normalized spacial score (nSPS) is 19.7. The van der Waals surface area contributed by atoms with E-state index in [1.807, 2.05) is 36.7 Å². The fraction of sp³-hybridized carbons (Fsp3) is 0.485. The van der Waals surface area contributed by atoms with Crippen LogP contribution in [0, 0.1) is 28.1 Å². The van der Waals surface area contributed by atoms with Crippen molar-refractivity contribution in [2.45, 2.75) is 78.3 Å². The molecule has 2 unspecified atom stereocenters. The van der Waals surface area contributed by atoms with Gasteiger partial charge >= 0.3 is 0 Å². The first-order valence-electron chi connectivity index (χ1n) is 14.9. The van der Waals surface area contributed by atoms with Crippen molar-refractivity contribution in [3.8, 4) is 12.1 Å². The first-order chi connectivity index (χ1) is 20.1. The third-order valence-electron chi connectivity index (χ3n) is 8.68. The molecule has 2 aliphatic rings. The van der Waals surface area contributed by atoms with Crippen LogP contribution in [0.4, 0.5) is 11.5 Å². The molecule has 2 N–H and O–H groups in total. The fourth-order valence-electron chi connectivity index (χ4n) is 6.43. The van der Waals surface area contributed by atoms with E-state index >= 15 is 0 Å². The average molecular weight is 564 g/mol. The number of nitrogens with zero attached hydrogens (tertiary/aromatic N) is 8. The number of fused-ring (bicyclic) bond motifs is 2. The third-order valence-corrected chi connectivity index (χ3v) is 8.68. The van der Waals surface area contributed by atoms with Gasteiger partial charge in [-0.2, -0.15) is 15.6 Å². The van der Waals surface area contributed by atoms with E-state index in [-0.39, 0.29) is 5.92 Å². The monoisotopic (exact) mass is 563 g/mol. The Morgan fingerprint density at radius 2 is 2.00 bits per heavy atom. The molecule has 2 aromatic heterocycles. The second kappa shape index (κ2) is 11.5. The lowest BCUT2D eigenvalue weighted by molar-refractivity contribution is 0.364. The smallest absolute Gasteiger partial charge is 0.136 e. The van der Waals surface area contributed by atoms with Crippen LogP contribution < -0.4 is 10.6 Å². The molecule has 1 aliphatic carbocycles. The Morgan fingerprint density at radius 3 is 2.67 bits per heavy atom. The van der Waals surface area contributed by atoms with Crippen LogP contribution in [0.3, 0.4) is 0 Å². The summed E-state index contributed by atoms with van der Waals surface area (Å²) >= 11 is 0. The van der Waals surface area contributed by atoms with Gasteiger partial charge in [0.15, 0.2) is 0 Å². The van der Waals surface area contributed by atoms with Crippen molar-refractivity contribution in [2.24, 2.45) is 5.41 Å². The number of nitrogen functional groups attached to an aromatic ring is 1. The first-order valence-corrected chi connectivity index (χ1v) is 14.9. The molecule has 42 heavy (non-hydrogen) atoms. The van der Waals surface area contributed by atoms with Gasteiger partial charge in [-0.1, -0.05) is 32.9 Å². The standard InChI is InChI=1S/C33H41N9/c1-7-9-22-11-13-27(36)26(16-34)31(22)23-10-12-25-29(14-23)37-30(8-2)38-32(25)41-17-24-15-28(21(3)40(5)6)39-42(24)20-33(4,18-35)19-41/h11,13,15,23H,3,7-10,12,14,17,19-20,36H2,1-2,4-6H3. The molecular formula is C33H41N9. The van der Waals surface area contributed by atoms with E-state index in [4.69, 9.17) is 20.8 Å². The number of nitrogens with two attached hydrogens (primary N) is 1. The van der Waals surface area contributed by atoms with Gasteiger partial charge in [-0.15, -0.1) is 0 Å². The van der Waals surface area contributed by atoms with Crippen LogP contribution >= 0.6 is 0 Å². The van der Waals surface area contributed by atoms with Crippen molar-refractivity contribution in [3.05, 3.63) is 69.9 Å². The van der Waals surface area contributed by atoms with E-state index in [2.05, 4.69) is 49.6 Å². The van der Waals surface area contributed by atoms with Gasteiger partial charge in [-0.05, 0) is 61.8 Å². The number of benzene rings is 1. The Bertz CT molecular complexity index is 1600. The van der Waals surface area contributed by atoms with Crippen molar-refractivity contribution in [2.75, 3.05) is 31.3 Å². The summed E-state index contributed by atoms with van der Waals surface area (Å²) in [5.74, 6) is 1.88. The third kappa shape index (κ3) is 5.32. The van der Waals surface area contributed by atoms with Gasteiger partial charge in [0.05, 0.1) is 47.2 Å². The molecule has 0 fully saturated rings. The quantitative estimate of drug-likeness (QED) is 0.399. The average Bonchev–Trinajstić information content (AvgIpc) is 3.30. The lowest BCUT2D eigenvalue weighted by Crippen LogP contribution is -2.36. The highest BCUT2D eigenvalue weighted by atomic mass is 15.3. The summed E-state index contributed by atoms with van der Waals surface area (Å²) in [4.78, 5) is 14.3. The summed E-state index contributed by atoms with van der Waals surface area (Å²) in [5, 5.41) is 25.2. The molecular weight excluding hydrogens is 522 g/mol. The Kier molecular flexibility index (Phi) is 7.97. The number of hydrogen-bond acceptors (Lipinski definition) is 8. The molecule has 0 saturated heterocycles. The fourth-order valence-corrected chi connectivity index (χ4v) is 6.43. The van der Waals surface area contributed by atoms with Crippen molar-refractivity contribution in [3.63, 3.8) is 0 Å².